The second kappa shape index (κ2) is 5.61. The zero-order chi connectivity index (χ0) is 9.72. The van der Waals surface area contributed by atoms with Crippen LogP contribution in [0, 0.1) is 23.7 Å². The Morgan fingerprint density at radius 1 is 0.833 bits per heavy atom. The van der Waals surface area contributed by atoms with Gasteiger partial charge in [-0.15, -0.1) is 0 Å². The van der Waals surface area contributed by atoms with Crippen LogP contribution in [0.3, 0.4) is 0 Å². The van der Waals surface area contributed by atoms with E-state index in [2.05, 4.69) is 41.5 Å². The molecule has 0 aromatic heterocycles. The molecular weight excluding hydrogens is 144 g/mol. The first kappa shape index (κ1) is 12.0. The van der Waals surface area contributed by atoms with Gasteiger partial charge in [0.1, 0.15) is 0 Å². The molecule has 0 radical (unpaired) electrons. The fraction of sp³-hybridized carbons (Fsp3) is 1.00. The fourth-order valence-corrected chi connectivity index (χ4v) is 1.89. The third-order valence-corrected chi connectivity index (χ3v) is 3.28. The van der Waals surface area contributed by atoms with Gasteiger partial charge in [0, 0.05) is 0 Å². The molecule has 0 heteroatoms. The number of hydrogen-bond acceptors (Lipinski definition) is 0. The van der Waals surface area contributed by atoms with E-state index in [0.29, 0.717) is 0 Å². The van der Waals surface area contributed by atoms with Crippen molar-refractivity contribution < 1.29 is 0 Å². The van der Waals surface area contributed by atoms with E-state index in [1.165, 1.54) is 12.8 Å². The Hall–Kier alpha value is 0. The van der Waals surface area contributed by atoms with E-state index in [9.17, 15) is 0 Å². The van der Waals surface area contributed by atoms with Crippen LogP contribution in [0.4, 0.5) is 0 Å². The molecular formula is C12H26. The molecule has 0 fully saturated rings. The first-order valence-electron chi connectivity index (χ1n) is 5.49. The number of hydrogen-bond donors (Lipinski definition) is 0. The lowest BCUT2D eigenvalue weighted by Gasteiger charge is -2.26. The van der Waals surface area contributed by atoms with Gasteiger partial charge in [-0.05, 0) is 30.1 Å². The van der Waals surface area contributed by atoms with Gasteiger partial charge in [0.2, 0.25) is 0 Å². The molecule has 0 aromatic rings. The summed E-state index contributed by atoms with van der Waals surface area (Å²) in [4.78, 5) is 0. The van der Waals surface area contributed by atoms with Gasteiger partial charge < -0.3 is 0 Å². The van der Waals surface area contributed by atoms with E-state index >= 15 is 0 Å². The molecule has 0 heterocycles. The van der Waals surface area contributed by atoms with Crippen LogP contribution in [0.25, 0.3) is 0 Å². The third kappa shape index (κ3) is 4.13. The maximum absolute atomic E-state index is 2.40. The maximum Gasteiger partial charge on any atom is -0.0391 e. The molecule has 0 aliphatic heterocycles. The summed E-state index contributed by atoms with van der Waals surface area (Å²) < 4.78 is 0. The lowest BCUT2D eigenvalue weighted by molar-refractivity contribution is 0.240. The Balaban J connectivity index is 3.83. The highest BCUT2D eigenvalue weighted by atomic mass is 14.2. The summed E-state index contributed by atoms with van der Waals surface area (Å²) in [5, 5.41) is 0. The lowest BCUT2D eigenvalue weighted by Crippen LogP contribution is -2.17. The Bertz CT molecular complexity index is 105. The van der Waals surface area contributed by atoms with E-state index in [-0.39, 0.29) is 0 Å². The van der Waals surface area contributed by atoms with Crippen molar-refractivity contribution in [1.29, 1.82) is 0 Å². The van der Waals surface area contributed by atoms with E-state index < -0.39 is 0 Å². The van der Waals surface area contributed by atoms with Gasteiger partial charge in [0.15, 0.2) is 0 Å². The van der Waals surface area contributed by atoms with Crippen molar-refractivity contribution >= 4 is 0 Å². The smallest absolute Gasteiger partial charge is 0.0391 e. The average Bonchev–Trinajstić information content (AvgIpc) is 2.00. The van der Waals surface area contributed by atoms with Gasteiger partial charge in [-0.3, -0.25) is 0 Å². The van der Waals surface area contributed by atoms with Crippen molar-refractivity contribution in [2.45, 2.75) is 54.4 Å². The Labute approximate surface area is 78.8 Å². The van der Waals surface area contributed by atoms with Gasteiger partial charge in [0.25, 0.3) is 0 Å². The van der Waals surface area contributed by atoms with Gasteiger partial charge in [-0.1, -0.05) is 48.0 Å². The van der Waals surface area contributed by atoms with Crippen molar-refractivity contribution in [3.05, 3.63) is 0 Å². The van der Waals surface area contributed by atoms with Gasteiger partial charge in [-0.25, -0.2) is 0 Å². The fourth-order valence-electron chi connectivity index (χ4n) is 1.89. The highest BCUT2D eigenvalue weighted by Crippen LogP contribution is 2.27. The zero-order valence-electron chi connectivity index (χ0n) is 9.72. The van der Waals surface area contributed by atoms with E-state index in [0.717, 1.165) is 23.7 Å². The van der Waals surface area contributed by atoms with Crippen LogP contribution in [-0.4, -0.2) is 0 Å². The van der Waals surface area contributed by atoms with E-state index in [4.69, 9.17) is 0 Å². The monoisotopic (exact) mass is 170 g/mol. The Kier molecular flexibility index (Phi) is 5.61. The topological polar surface area (TPSA) is 0 Å². The van der Waals surface area contributed by atoms with Crippen molar-refractivity contribution in [3.63, 3.8) is 0 Å². The van der Waals surface area contributed by atoms with Crippen molar-refractivity contribution in [1.82, 2.24) is 0 Å². The summed E-state index contributed by atoms with van der Waals surface area (Å²) in [5.41, 5.74) is 0. The molecule has 0 nitrogen and oxygen atoms in total. The Morgan fingerprint density at radius 3 is 1.67 bits per heavy atom. The van der Waals surface area contributed by atoms with Crippen molar-refractivity contribution in [3.8, 4) is 0 Å². The molecule has 0 aromatic carbocycles. The Morgan fingerprint density at radius 2 is 1.33 bits per heavy atom. The predicted octanol–water partition coefficient (Wildman–Crippen LogP) is 4.35. The minimum Gasteiger partial charge on any atom is -0.0651 e. The summed E-state index contributed by atoms with van der Waals surface area (Å²) >= 11 is 0. The molecule has 0 spiro atoms. The first-order valence-corrected chi connectivity index (χ1v) is 5.49. The van der Waals surface area contributed by atoms with Crippen LogP contribution in [0.5, 0.6) is 0 Å². The predicted molar refractivity (Wildman–Crippen MR) is 57.2 cm³/mol. The zero-order valence-corrected chi connectivity index (χ0v) is 9.72. The highest BCUT2D eigenvalue weighted by Gasteiger charge is 2.18. The summed E-state index contributed by atoms with van der Waals surface area (Å²) in [6.07, 6.45) is 2.70. The minimum absolute atomic E-state index is 0.853. The number of rotatable bonds is 5. The second-order valence-electron chi connectivity index (χ2n) is 4.85. The summed E-state index contributed by atoms with van der Waals surface area (Å²) in [6.45, 7) is 14.1. The normalized spacial score (nSPS) is 19.2. The molecule has 0 saturated heterocycles. The molecule has 0 amide bonds. The SMILES string of the molecule is CCC(C)C(C)C(C)CC(C)C. The molecule has 0 N–H and O–H groups in total. The van der Waals surface area contributed by atoms with Crippen LogP contribution >= 0.6 is 0 Å². The molecule has 3 atom stereocenters. The van der Waals surface area contributed by atoms with Crippen LogP contribution in [0.1, 0.15) is 54.4 Å². The molecule has 74 valence electrons. The molecule has 0 bridgehead atoms. The van der Waals surface area contributed by atoms with Crippen LogP contribution in [0.15, 0.2) is 0 Å². The summed E-state index contributed by atoms with van der Waals surface area (Å²) in [7, 11) is 0. The van der Waals surface area contributed by atoms with Crippen molar-refractivity contribution in [2.24, 2.45) is 23.7 Å². The van der Waals surface area contributed by atoms with Gasteiger partial charge in [0.05, 0.1) is 0 Å². The molecule has 0 aliphatic carbocycles. The highest BCUT2D eigenvalue weighted by molar-refractivity contribution is 4.68. The molecule has 3 unspecified atom stereocenters. The third-order valence-electron chi connectivity index (χ3n) is 3.28. The van der Waals surface area contributed by atoms with Gasteiger partial charge in [-0.2, -0.15) is 0 Å². The standard InChI is InChI=1S/C12H26/c1-7-10(4)12(6)11(5)8-9(2)3/h9-12H,7-8H2,1-6H3. The molecule has 0 aliphatic rings. The largest absolute Gasteiger partial charge is 0.0651 e. The van der Waals surface area contributed by atoms with Gasteiger partial charge >= 0.3 is 0 Å². The first-order chi connectivity index (χ1) is 5.49. The molecule has 0 rings (SSSR count). The molecule has 0 saturated carbocycles. The van der Waals surface area contributed by atoms with Crippen molar-refractivity contribution in [2.75, 3.05) is 0 Å². The van der Waals surface area contributed by atoms with Crippen LogP contribution < -0.4 is 0 Å². The summed E-state index contributed by atoms with van der Waals surface area (Å²) in [6, 6.07) is 0. The quantitative estimate of drug-likeness (QED) is 0.575. The lowest BCUT2D eigenvalue weighted by atomic mass is 9.80. The second-order valence-corrected chi connectivity index (χ2v) is 4.85. The van der Waals surface area contributed by atoms with E-state index in [1.807, 2.05) is 0 Å². The summed E-state index contributed by atoms with van der Waals surface area (Å²) in [5.74, 6) is 3.52. The minimum atomic E-state index is 0.853. The average molecular weight is 170 g/mol. The van der Waals surface area contributed by atoms with Crippen LogP contribution in [-0.2, 0) is 0 Å². The maximum atomic E-state index is 2.40. The van der Waals surface area contributed by atoms with Crippen LogP contribution in [0.2, 0.25) is 0 Å². The van der Waals surface area contributed by atoms with E-state index in [1.54, 1.807) is 0 Å². The molecule has 12 heavy (non-hydrogen) atoms.